The molecule has 0 aliphatic rings. The molecule has 0 aliphatic carbocycles. The normalized spacial score (nSPS) is 10.9. The van der Waals surface area contributed by atoms with Gasteiger partial charge in [0.15, 0.2) is 5.82 Å². The lowest BCUT2D eigenvalue weighted by molar-refractivity contribution is 0.466. The number of nitrogens with zero attached hydrogens (tertiary/aromatic N) is 1. The number of fused-ring (bicyclic) bond motifs is 1. The third-order valence-corrected chi connectivity index (χ3v) is 3.22. The van der Waals surface area contributed by atoms with Crippen molar-refractivity contribution in [2.75, 3.05) is 5.73 Å². The van der Waals surface area contributed by atoms with Crippen molar-refractivity contribution in [1.29, 1.82) is 0 Å². The first-order valence-corrected chi connectivity index (χ1v) is 6.23. The van der Waals surface area contributed by atoms with Crippen LogP contribution in [0.1, 0.15) is 5.56 Å². The van der Waals surface area contributed by atoms with Crippen molar-refractivity contribution in [2.45, 2.75) is 6.54 Å². The molecule has 1 aromatic heterocycles. The van der Waals surface area contributed by atoms with E-state index in [9.17, 15) is 14.0 Å². The van der Waals surface area contributed by atoms with Gasteiger partial charge < -0.3 is 10.2 Å². The lowest BCUT2D eigenvalue weighted by atomic mass is 10.2. The Labute approximate surface area is 118 Å². The number of rotatable bonds is 2. The van der Waals surface area contributed by atoms with E-state index in [0.717, 1.165) is 4.57 Å². The second kappa shape index (κ2) is 4.90. The minimum absolute atomic E-state index is 0.0364. The van der Waals surface area contributed by atoms with Crippen molar-refractivity contribution >= 4 is 16.7 Å². The van der Waals surface area contributed by atoms with Crippen molar-refractivity contribution in [2.24, 2.45) is 0 Å². The molecule has 0 atom stereocenters. The molecule has 0 unspecified atom stereocenters. The minimum Gasteiger partial charge on any atom is -0.409 e. The number of halogens is 1. The van der Waals surface area contributed by atoms with Gasteiger partial charge in [0, 0.05) is 5.56 Å². The first-order valence-electron chi connectivity index (χ1n) is 6.23. The summed E-state index contributed by atoms with van der Waals surface area (Å²) < 4.78 is 19.8. The fourth-order valence-corrected chi connectivity index (χ4v) is 2.14. The molecule has 3 rings (SSSR count). The van der Waals surface area contributed by atoms with Gasteiger partial charge in [-0.2, -0.15) is 0 Å². The maximum absolute atomic E-state index is 13.9. The van der Waals surface area contributed by atoms with Gasteiger partial charge in [-0.05, 0) is 18.2 Å². The van der Waals surface area contributed by atoms with E-state index in [1.165, 1.54) is 18.2 Å². The molecule has 0 fully saturated rings. The monoisotopic (exact) mass is 286 g/mol. The van der Waals surface area contributed by atoms with E-state index in [-0.39, 0.29) is 28.8 Å². The van der Waals surface area contributed by atoms with Gasteiger partial charge in [-0.25, -0.2) is 13.8 Å². The SMILES string of the molecule is Nc1cccc(Cn2c(=O)oc3ccccc3c2=O)c1F. The summed E-state index contributed by atoms with van der Waals surface area (Å²) in [6, 6.07) is 10.8. The molecule has 0 spiro atoms. The Bertz CT molecular complexity index is 944. The average Bonchev–Trinajstić information content (AvgIpc) is 2.47. The number of hydrogen-bond donors (Lipinski definition) is 1. The largest absolute Gasteiger partial charge is 0.422 e. The second-order valence-corrected chi connectivity index (χ2v) is 4.58. The summed E-state index contributed by atoms with van der Waals surface area (Å²) in [5.41, 5.74) is 5.27. The van der Waals surface area contributed by atoms with E-state index in [1.807, 2.05) is 0 Å². The summed E-state index contributed by atoms with van der Waals surface area (Å²) in [6.07, 6.45) is 0. The zero-order chi connectivity index (χ0) is 15.0. The molecule has 0 saturated carbocycles. The van der Waals surface area contributed by atoms with E-state index in [2.05, 4.69) is 0 Å². The zero-order valence-corrected chi connectivity index (χ0v) is 10.9. The maximum atomic E-state index is 13.9. The highest BCUT2D eigenvalue weighted by molar-refractivity contribution is 5.74. The predicted molar refractivity (Wildman–Crippen MR) is 76.7 cm³/mol. The highest BCUT2D eigenvalue weighted by Gasteiger charge is 2.12. The van der Waals surface area contributed by atoms with Crippen molar-refractivity contribution in [3.63, 3.8) is 0 Å². The fourth-order valence-electron chi connectivity index (χ4n) is 2.14. The van der Waals surface area contributed by atoms with Crippen molar-refractivity contribution in [3.05, 3.63) is 74.7 Å². The van der Waals surface area contributed by atoms with Crippen LogP contribution in [0.15, 0.2) is 56.5 Å². The van der Waals surface area contributed by atoms with Gasteiger partial charge in [0.1, 0.15) is 5.58 Å². The molecule has 0 amide bonds. The van der Waals surface area contributed by atoms with Crippen molar-refractivity contribution in [1.82, 2.24) is 4.57 Å². The van der Waals surface area contributed by atoms with Crippen molar-refractivity contribution in [3.8, 4) is 0 Å². The molecule has 2 aromatic carbocycles. The summed E-state index contributed by atoms with van der Waals surface area (Å²) in [6.45, 7) is -0.233. The number of aromatic nitrogens is 1. The Kier molecular flexibility index (Phi) is 3.06. The Morgan fingerprint density at radius 3 is 2.67 bits per heavy atom. The van der Waals surface area contributed by atoms with Crippen LogP contribution >= 0.6 is 0 Å². The van der Waals surface area contributed by atoms with Crippen LogP contribution in [0.25, 0.3) is 11.0 Å². The first-order chi connectivity index (χ1) is 10.1. The van der Waals surface area contributed by atoms with Gasteiger partial charge in [-0.3, -0.25) is 4.79 Å². The summed E-state index contributed by atoms with van der Waals surface area (Å²) in [5.74, 6) is -1.47. The van der Waals surface area contributed by atoms with Crippen LogP contribution in [0.5, 0.6) is 0 Å². The molecule has 0 saturated heterocycles. The van der Waals surface area contributed by atoms with E-state index >= 15 is 0 Å². The van der Waals surface area contributed by atoms with Crippen LogP contribution in [-0.4, -0.2) is 4.57 Å². The van der Waals surface area contributed by atoms with Crippen LogP contribution < -0.4 is 17.0 Å². The quantitative estimate of drug-likeness (QED) is 0.728. The molecule has 0 radical (unpaired) electrons. The number of anilines is 1. The van der Waals surface area contributed by atoms with E-state index in [4.69, 9.17) is 10.2 Å². The van der Waals surface area contributed by atoms with Crippen LogP contribution in [0.2, 0.25) is 0 Å². The molecule has 0 bridgehead atoms. The minimum atomic E-state index is -0.833. The van der Waals surface area contributed by atoms with Gasteiger partial charge in [-0.15, -0.1) is 0 Å². The highest BCUT2D eigenvalue weighted by atomic mass is 19.1. The predicted octanol–water partition coefficient (Wildman–Crippen LogP) is 1.72. The molecule has 106 valence electrons. The molecular formula is C15H11FN2O3. The average molecular weight is 286 g/mol. The molecule has 5 nitrogen and oxygen atoms in total. The molecule has 2 N–H and O–H groups in total. The molecule has 3 aromatic rings. The number of nitrogen functional groups attached to an aromatic ring is 1. The van der Waals surface area contributed by atoms with Gasteiger partial charge >= 0.3 is 5.76 Å². The van der Waals surface area contributed by atoms with Crippen LogP contribution in [0.3, 0.4) is 0 Å². The van der Waals surface area contributed by atoms with E-state index in [1.54, 1.807) is 24.3 Å². The summed E-state index contributed by atoms with van der Waals surface area (Å²) in [4.78, 5) is 24.2. The summed E-state index contributed by atoms with van der Waals surface area (Å²) in [7, 11) is 0. The van der Waals surface area contributed by atoms with Gasteiger partial charge in [0.2, 0.25) is 0 Å². The summed E-state index contributed by atoms with van der Waals surface area (Å²) >= 11 is 0. The first kappa shape index (κ1) is 13.1. The Balaban J connectivity index is 2.20. The molecule has 6 heteroatoms. The molecular weight excluding hydrogens is 275 g/mol. The smallest absolute Gasteiger partial charge is 0.409 e. The molecule has 1 heterocycles. The Morgan fingerprint density at radius 1 is 1.10 bits per heavy atom. The second-order valence-electron chi connectivity index (χ2n) is 4.58. The topological polar surface area (TPSA) is 78.2 Å². The number of benzene rings is 2. The zero-order valence-electron chi connectivity index (χ0n) is 10.9. The fraction of sp³-hybridized carbons (Fsp3) is 0.0667. The number of nitrogens with two attached hydrogens (primary N) is 1. The molecule has 21 heavy (non-hydrogen) atoms. The third kappa shape index (κ3) is 2.20. The lowest BCUT2D eigenvalue weighted by Gasteiger charge is -2.07. The highest BCUT2D eigenvalue weighted by Crippen LogP contribution is 2.15. The lowest BCUT2D eigenvalue weighted by Crippen LogP contribution is -2.33. The Hall–Kier alpha value is -2.89. The van der Waals surface area contributed by atoms with Gasteiger partial charge in [-0.1, -0.05) is 24.3 Å². The van der Waals surface area contributed by atoms with E-state index in [0.29, 0.717) is 0 Å². The van der Waals surface area contributed by atoms with E-state index < -0.39 is 17.1 Å². The maximum Gasteiger partial charge on any atom is 0.422 e. The van der Waals surface area contributed by atoms with Crippen molar-refractivity contribution < 1.29 is 8.81 Å². The summed E-state index contributed by atoms with van der Waals surface area (Å²) in [5, 5.41) is 0.265. The Morgan fingerprint density at radius 2 is 1.86 bits per heavy atom. The number of hydrogen-bond acceptors (Lipinski definition) is 4. The van der Waals surface area contributed by atoms with Crippen LogP contribution in [0, 0.1) is 5.82 Å². The molecule has 0 aliphatic heterocycles. The number of para-hydroxylation sites is 1. The third-order valence-electron chi connectivity index (χ3n) is 3.22. The standard InChI is InChI=1S/C15H11FN2O3/c16-13-9(4-3-6-11(13)17)8-18-14(19)10-5-1-2-7-12(10)21-15(18)20/h1-7H,8,17H2. The van der Waals surface area contributed by atoms with Crippen LogP contribution in [0.4, 0.5) is 10.1 Å². The van der Waals surface area contributed by atoms with Crippen LogP contribution in [-0.2, 0) is 6.54 Å². The van der Waals surface area contributed by atoms with Gasteiger partial charge in [0.05, 0.1) is 17.6 Å². The van der Waals surface area contributed by atoms with Gasteiger partial charge in [0.25, 0.3) is 5.56 Å².